The summed E-state index contributed by atoms with van der Waals surface area (Å²) in [4.78, 5) is 37.4. The van der Waals surface area contributed by atoms with Gasteiger partial charge in [0.2, 0.25) is 5.91 Å². The van der Waals surface area contributed by atoms with Crippen LogP contribution in [0.25, 0.3) is 11.1 Å². The number of nitrogens with one attached hydrogen (secondary N) is 1. The lowest BCUT2D eigenvalue weighted by molar-refractivity contribution is -0.144. The van der Waals surface area contributed by atoms with E-state index >= 15 is 0 Å². The average molecular weight is 453 g/mol. The number of methoxy groups -OCH3 is 1. The fourth-order valence-electron chi connectivity index (χ4n) is 4.69. The Morgan fingerprint density at radius 3 is 2.24 bits per heavy atom. The number of rotatable bonds is 8. The zero-order valence-electron chi connectivity index (χ0n) is 18.5. The topological polar surface area (TPSA) is 105 Å². The Balaban J connectivity index is 1.21. The maximum atomic E-state index is 12.4. The largest absolute Gasteiger partial charge is 0.481 e. The van der Waals surface area contributed by atoms with E-state index in [-0.39, 0.29) is 37.9 Å². The Labute approximate surface area is 192 Å². The van der Waals surface area contributed by atoms with Crippen LogP contribution in [0.1, 0.15) is 29.9 Å². The summed E-state index contributed by atoms with van der Waals surface area (Å²) in [6, 6.07) is 16.3. The molecule has 1 aliphatic heterocycles. The number of amides is 2. The summed E-state index contributed by atoms with van der Waals surface area (Å²) in [5.41, 5.74) is 4.64. The van der Waals surface area contributed by atoms with E-state index in [0.29, 0.717) is 13.0 Å². The Hall–Kier alpha value is -3.39. The lowest BCUT2D eigenvalue weighted by Crippen LogP contribution is -2.31. The summed E-state index contributed by atoms with van der Waals surface area (Å²) in [6.45, 7) is 0.951. The van der Waals surface area contributed by atoms with Crippen LogP contribution in [0.2, 0.25) is 0 Å². The normalized spacial score (nSPS) is 19.1. The van der Waals surface area contributed by atoms with E-state index in [1.165, 1.54) is 23.1 Å². The molecule has 0 bridgehead atoms. The van der Waals surface area contributed by atoms with E-state index in [4.69, 9.17) is 9.47 Å². The summed E-state index contributed by atoms with van der Waals surface area (Å²) in [5, 5.41) is 11.9. The monoisotopic (exact) mass is 452 g/mol. The first-order valence-corrected chi connectivity index (χ1v) is 11.1. The van der Waals surface area contributed by atoms with Crippen molar-refractivity contribution in [3.05, 3.63) is 59.7 Å². The highest BCUT2D eigenvalue weighted by molar-refractivity contribution is 5.80. The summed E-state index contributed by atoms with van der Waals surface area (Å²) in [6.07, 6.45) is -0.359. The predicted molar refractivity (Wildman–Crippen MR) is 121 cm³/mol. The number of likely N-dealkylation sites (tertiary alicyclic amines) is 1. The third-order valence-corrected chi connectivity index (χ3v) is 6.42. The SMILES string of the molecule is COC1CN(C(=O)CCCNC(=O)OCC2c3ccccc3-c3ccccc32)CC1C(=O)O. The Morgan fingerprint density at radius 2 is 1.67 bits per heavy atom. The number of carbonyl (C=O) groups excluding carboxylic acids is 2. The first-order valence-electron chi connectivity index (χ1n) is 11.1. The molecule has 0 spiro atoms. The summed E-state index contributed by atoms with van der Waals surface area (Å²) >= 11 is 0. The second-order valence-corrected chi connectivity index (χ2v) is 8.37. The highest BCUT2D eigenvalue weighted by atomic mass is 16.5. The van der Waals surface area contributed by atoms with Gasteiger partial charge in [-0.15, -0.1) is 0 Å². The van der Waals surface area contributed by atoms with Crippen molar-refractivity contribution in [3.8, 4) is 11.1 Å². The van der Waals surface area contributed by atoms with Gasteiger partial charge in [0.05, 0.1) is 6.10 Å². The van der Waals surface area contributed by atoms with Crippen molar-refractivity contribution in [1.29, 1.82) is 0 Å². The van der Waals surface area contributed by atoms with Crippen molar-refractivity contribution in [2.24, 2.45) is 5.92 Å². The van der Waals surface area contributed by atoms with Gasteiger partial charge in [-0.25, -0.2) is 4.79 Å². The number of hydrogen-bond acceptors (Lipinski definition) is 5. The lowest BCUT2D eigenvalue weighted by atomic mass is 9.98. The Kier molecular flexibility index (Phi) is 6.93. The molecule has 1 aliphatic carbocycles. The number of alkyl carbamates (subject to hydrolysis) is 1. The molecule has 2 aromatic carbocycles. The number of carbonyl (C=O) groups is 3. The molecular weight excluding hydrogens is 424 g/mol. The highest BCUT2D eigenvalue weighted by Gasteiger charge is 2.39. The number of carboxylic acid groups (broad SMARTS) is 1. The van der Waals surface area contributed by atoms with Crippen molar-refractivity contribution in [2.75, 3.05) is 33.4 Å². The molecule has 174 valence electrons. The van der Waals surface area contributed by atoms with Crippen LogP contribution in [-0.4, -0.2) is 67.4 Å². The number of carboxylic acids is 1. The van der Waals surface area contributed by atoms with Crippen LogP contribution in [0.5, 0.6) is 0 Å². The van der Waals surface area contributed by atoms with Crippen LogP contribution in [0.4, 0.5) is 4.79 Å². The average Bonchev–Trinajstić information content (AvgIpc) is 3.40. The van der Waals surface area contributed by atoms with Crippen molar-refractivity contribution < 1.29 is 29.0 Å². The van der Waals surface area contributed by atoms with Crippen LogP contribution >= 0.6 is 0 Å². The molecule has 2 N–H and O–H groups in total. The Morgan fingerprint density at radius 1 is 1.03 bits per heavy atom. The summed E-state index contributed by atoms with van der Waals surface area (Å²) < 4.78 is 10.7. The second kappa shape index (κ2) is 10.0. The van der Waals surface area contributed by atoms with Crippen LogP contribution in [0, 0.1) is 5.92 Å². The van der Waals surface area contributed by atoms with Crippen LogP contribution in [0.15, 0.2) is 48.5 Å². The minimum atomic E-state index is -0.964. The molecule has 0 aromatic heterocycles. The van der Waals surface area contributed by atoms with Gasteiger partial charge in [-0.2, -0.15) is 0 Å². The van der Waals surface area contributed by atoms with Gasteiger partial charge in [0, 0.05) is 39.1 Å². The van der Waals surface area contributed by atoms with Gasteiger partial charge in [0.25, 0.3) is 0 Å². The molecule has 0 saturated carbocycles. The van der Waals surface area contributed by atoms with Gasteiger partial charge < -0.3 is 24.8 Å². The van der Waals surface area contributed by atoms with Crippen LogP contribution < -0.4 is 5.32 Å². The van der Waals surface area contributed by atoms with E-state index in [9.17, 15) is 19.5 Å². The lowest BCUT2D eigenvalue weighted by Gasteiger charge is -2.16. The molecule has 1 heterocycles. The zero-order valence-corrected chi connectivity index (χ0v) is 18.5. The first kappa shape index (κ1) is 22.8. The minimum Gasteiger partial charge on any atom is -0.481 e. The maximum absolute atomic E-state index is 12.4. The molecule has 2 unspecified atom stereocenters. The third kappa shape index (κ3) is 4.85. The van der Waals surface area contributed by atoms with E-state index in [1.807, 2.05) is 24.3 Å². The molecule has 1 fully saturated rings. The molecule has 8 nitrogen and oxygen atoms in total. The van der Waals surface area contributed by atoms with Crippen molar-refractivity contribution in [2.45, 2.75) is 24.9 Å². The molecule has 2 aliphatic rings. The molecule has 4 rings (SSSR count). The molecule has 0 radical (unpaired) electrons. The first-order chi connectivity index (χ1) is 16.0. The number of ether oxygens (including phenoxy) is 2. The molecule has 2 atom stereocenters. The van der Waals surface area contributed by atoms with E-state index in [2.05, 4.69) is 29.6 Å². The molecule has 33 heavy (non-hydrogen) atoms. The zero-order chi connectivity index (χ0) is 23.4. The number of benzene rings is 2. The second-order valence-electron chi connectivity index (χ2n) is 8.37. The minimum absolute atomic E-state index is 0.00388. The molecule has 2 aromatic rings. The van der Waals surface area contributed by atoms with Gasteiger partial charge in [0.1, 0.15) is 12.5 Å². The number of nitrogens with zero attached hydrogens (tertiary/aromatic N) is 1. The third-order valence-electron chi connectivity index (χ3n) is 6.42. The molecule has 2 amide bonds. The predicted octanol–water partition coefficient (Wildman–Crippen LogP) is 2.86. The standard InChI is InChI=1S/C25H28N2O6/c1-32-22-14-27(13-20(22)24(29)30)23(28)11-6-12-26-25(31)33-15-21-18-9-4-2-7-16(18)17-8-3-5-10-19(17)21/h2-5,7-10,20-22H,6,11-15H2,1H3,(H,26,31)(H,29,30). The fourth-order valence-corrected chi connectivity index (χ4v) is 4.69. The van der Waals surface area contributed by atoms with E-state index in [0.717, 1.165) is 11.1 Å². The number of fused-ring (bicyclic) bond motifs is 3. The van der Waals surface area contributed by atoms with Crippen molar-refractivity contribution in [1.82, 2.24) is 10.2 Å². The molecular formula is C25H28N2O6. The van der Waals surface area contributed by atoms with Gasteiger partial charge in [-0.3, -0.25) is 9.59 Å². The van der Waals surface area contributed by atoms with Crippen LogP contribution in [0.3, 0.4) is 0 Å². The van der Waals surface area contributed by atoms with Gasteiger partial charge in [0.15, 0.2) is 0 Å². The van der Waals surface area contributed by atoms with Crippen molar-refractivity contribution >= 4 is 18.0 Å². The van der Waals surface area contributed by atoms with Gasteiger partial charge >= 0.3 is 12.1 Å². The van der Waals surface area contributed by atoms with Gasteiger partial charge in [-0.05, 0) is 28.7 Å². The number of aliphatic carboxylic acids is 1. The van der Waals surface area contributed by atoms with Crippen molar-refractivity contribution in [3.63, 3.8) is 0 Å². The van der Waals surface area contributed by atoms with Crippen LogP contribution in [-0.2, 0) is 19.1 Å². The highest BCUT2D eigenvalue weighted by Crippen LogP contribution is 2.44. The summed E-state index contributed by atoms with van der Waals surface area (Å²) in [5.74, 6) is -1.82. The summed E-state index contributed by atoms with van der Waals surface area (Å²) in [7, 11) is 1.45. The smallest absolute Gasteiger partial charge is 0.407 e. The fraction of sp³-hybridized carbons (Fsp3) is 0.400. The maximum Gasteiger partial charge on any atom is 0.407 e. The number of hydrogen-bond donors (Lipinski definition) is 2. The Bertz CT molecular complexity index is 994. The molecule has 8 heteroatoms. The quantitative estimate of drug-likeness (QED) is 0.597. The van der Waals surface area contributed by atoms with E-state index in [1.54, 1.807) is 0 Å². The molecule has 1 saturated heterocycles. The van der Waals surface area contributed by atoms with E-state index < -0.39 is 24.1 Å². The van der Waals surface area contributed by atoms with Gasteiger partial charge in [-0.1, -0.05) is 48.5 Å².